The van der Waals surface area contributed by atoms with Crippen molar-refractivity contribution >= 4 is 0 Å². The molecule has 0 radical (unpaired) electrons. The Balaban J connectivity index is 2.53. The topological polar surface area (TPSA) is 49.5 Å². The van der Waals surface area contributed by atoms with Crippen molar-refractivity contribution in [3.05, 3.63) is 35.6 Å². The van der Waals surface area contributed by atoms with Crippen molar-refractivity contribution in [3.8, 4) is 0 Å². The third-order valence-electron chi connectivity index (χ3n) is 3.12. The molecular weight excluding hydrogens is 243 g/mol. The molecule has 1 unspecified atom stereocenters. The number of halogens is 1. The molecule has 0 amide bonds. The zero-order valence-electron chi connectivity index (χ0n) is 12.1. The molecule has 4 heteroatoms. The fourth-order valence-corrected chi connectivity index (χ4v) is 2.15. The van der Waals surface area contributed by atoms with Crippen molar-refractivity contribution in [2.75, 3.05) is 19.6 Å². The van der Waals surface area contributed by atoms with Crippen molar-refractivity contribution in [1.82, 2.24) is 4.90 Å². The lowest BCUT2D eigenvalue weighted by Gasteiger charge is -2.28. The molecule has 0 saturated heterocycles. The highest BCUT2D eigenvalue weighted by molar-refractivity contribution is 5.20. The van der Waals surface area contributed by atoms with Gasteiger partial charge in [0.15, 0.2) is 0 Å². The highest BCUT2D eigenvalue weighted by atomic mass is 19.1. The molecule has 1 aromatic rings. The van der Waals surface area contributed by atoms with Crippen LogP contribution in [0.5, 0.6) is 0 Å². The van der Waals surface area contributed by atoms with E-state index in [1.165, 1.54) is 6.07 Å². The largest absolute Gasteiger partial charge is 0.389 e. The molecule has 0 aromatic heterocycles. The molecule has 0 aliphatic carbocycles. The summed E-state index contributed by atoms with van der Waals surface area (Å²) in [5, 5.41) is 9.81. The molecule has 0 aliphatic rings. The predicted octanol–water partition coefficient (Wildman–Crippen LogP) is 2.31. The fourth-order valence-electron chi connectivity index (χ4n) is 2.15. The Morgan fingerprint density at radius 3 is 2.53 bits per heavy atom. The summed E-state index contributed by atoms with van der Waals surface area (Å²) in [5.74, 6) is -0.250. The lowest BCUT2D eigenvalue weighted by molar-refractivity contribution is 0.0369. The molecule has 0 saturated carbocycles. The molecule has 19 heavy (non-hydrogen) atoms. The van der Waals surface area contributed by atoms with Gasteiger partial charge in [-0.1, -0.05) is 25.1 Å². The van der Waals surface area contributed by atoms with E-state index in [1.54, 1.807) is 32.0 Å². The van der Waals surface area contributed by atoms with Crippen LogP contribution in [0.4, 0.5) is 4.39 Å². The molecule has 0 bridgehead atoms. The lowest BCUT2D eigenvalue weighted by atomic mass is 10.0. The van der Waals surface area contributed by atoms with Crippen LogP contribution >= 0.6 is 0 Å². The van der Waals surface area contributed by atoms with Gasteiger partial charge in [-0.25, -0.2) is 4.39 Å². The van der Waals surface area contributed by atoms with E-state index < -0.39 is 5.60 Å². The van der Waals surface area contributed by atoms with Crippen molar-refractivity contribution < 1.29 is 9.50 Å². The summed E-state index contributed by atoms with van der Waals surface area (Å²) in [4.78, 5) is 2.13. The van der Waals surface area contributed by atoms with E-state index in [2.05, 4.69) is 4.90 Å². The van der Waals surface area contributed by atoms with E-state index in [4.69, 9.17) is 5.73 Å². The second-order valence-electron chi connectivity index (χ2n) is 5.60. The number of hydrogen-bond acceptors (Lipinski definition) is 3. The van der Waals surface area contributed by atoms with E-state index in [9.17, 15) is 9.50 Å². The number of hydrogen-bond donors (Lipinski definition) is 2. The number of nitrogens with two attached hydrogens (primary N) is 1. The Morgan fingerprint density at radius 2 is 2.00 bits per heavy atom. The van der Waals surface area contributed by atoms with Crippen LogP contribution in [0.25, 0.3) is 0 Å². The molecule has 3 N–H and O–H groups in total. The third kappa shape index (κ3) is 5.68. The van der Waals surface area contributed by atoms with Crippen molar-refractivity contribution in [3.63, 3.8) is 0 Å². The number of aliphatic hydroxyl groups is 1. The molecule has 0 heterocycles. The van der Waals surface area contributed by atoms with Gasteiger partial charge in [-0.15, -0.1) is 0 Å². The van der Waals surface area contributed by atoms with Gasteiger partial charge in [-0.3, -0.25) is 0 Å². The van der Waals surface area contributed by atoms with Crippen LogP contribution in [0.1, 0.15) is 38.8 Å². The summed E-state index contributed by atoms with van der Waals surface area (Å²) in [6.07, 6.45) is 0.671. The maximum atomic E-state index is 13.6. The van der Waals surface area contributed by atoms with Crippen LogP contribution in [-0.4, -0.2) is 35.2 Å². The maximum absolute atomic E-state index is 13.6. The molecule has 0 fully saturated rings. The summed E-state index contributed by atoms with van der Waals surface area (Å²) in [6, 6.07) is 6.32. The standard InChI is InChI=1S/C15H25FN2O/c1-4-18(11-15(2,3)19)10-9-14(17)12-7-5-6-8-13(12)16/h5-8,14,19H,4,9-11,17H2,1-3H3. The van der Waals surface area contributed by atoms with Crippen LogP contribution in [-0.2, 0) is 0 Å². The Morgan fingerprint density at radius 1 is 1.37 bits per heavy atom. The predicted molar refractivity (Wildman–Crippen MR) is 76.4 cm³/mol. The fraction of sp³-hybridized carbons (Fsp3) is 0.600. The minimum atomic E-state index is -0.724. The third-order valence-corrected chi connectivity index (χ3v) is 3.12. The van der Waals surface area contributed by atoms with Crippen molar-refractivity contribution in [2.24, 2.45) is 5.73 Å². The van der Waals surface area contributed by atoms with Crippen LogP contribution in [0.2, 0.25) is 0 Å². The van der Waals surface area contributed by atoms with Crippen molar-refractivity contribution in [1.29, 1.82) is 0 Å². The van der Waals surface area contributed by atoms with Gasteiger partial charge in [0.1, 0.15) is 5.82 Å². The van der Waals surface area contributed by atoms with Crippen LogP contribution in [0.15, 0.2) is 24.3 Å². The minimum Gasteiger partial charge on any atom is -0.389 e. The van der Waals surface area contributed by atoms with Gasteiger partial charge in [-0.2, -0.15) is 0 Å². The highest BCUT2D eigenvalue weighted by Gasteiger charge is 2.18. The van der Waals surface area contributed by atoms with Crippen LogP contribution in [0.3, 0.4) is 0 Å². The van der Waals surface area contributed by atoms with Gasteiger partial charge in [-0.05, 0) is 32.9 Å². The number of benzene rings is 1. The summed E-state index contributed by atoms with van der Waals surface area (Å²) >= 11 is 0. The van der Waals surface area contributed by atoms with E-state index in [0.29, 0.717) is 18.5 Å². The van der Waals surface area contributed by atoms with Crippen LogP contribution in [0, 0.1) is 5.82 Å². The average Bonchev–Trinajstić information content (AvgIpc) is 2.33. The molecule has 1 atom stereocenters. The van der Waals surface area contributed by atoms with Crippen molar-refractivity contribution in [2.45, 2.75) is 38.8 Å². The normalized spacial score (nSPS) is 13.8. The van der Waals surface area contributed by atoms with E-state index >= 15 is 0 Å². The van der Waals surface area contributed by atoms with E-state index in [-0.39, 0.29) is 11.9 Å². The van der Waals surface area contributed by atoms with Gasteiger partial charge in [0.25, 0.3) is 0 Å². The lowest BCUT2D eigenvalue weighted by Crippen LogP contribution is -2.39. The van der Waals surface area contributed by atoms with Gasteiger partial charge in [0, 0.05) is 24.7 Å². The van der Waals surface area contributed by atoms with Gasteiger partial charge >= 0.3 is 0 Å². The quantitative estimate of drug-likeness (QED) is 0.798. The summed E-state index contributed by atoms with van der Waals surface area (Å²) in [5.41, 5.74) is 5.87. The molecule has 0 aliphatic heterocycles. The highest BCUT2D eigenvalue weighted by Crippen LogP contribution is 2.18. The second kappa shape index (κ2) is 6.98. The minimum absolute atomic E-state index is 0.250. The SMILES string of the molecule is CCN(CCC(N)c1ccccc1F)CC(C)(C)O. The first kappa shape index (κ1) is 16.1. The second-order valence-corrected chi connectivity index (χ2v) is 5.60. The Bertz CT molecular complexity index is 390. The van der Waals surface area contributed by atoms with Gasteiger partial charge in [0.2, 0.25) is 0 Å². The Hall–Kier alpha value is -0.970. The zero-order chi connectivity index (χ0) is 14.5. The molecule has 3 nitrogen and oxygen atoms in total. The first-order chi connectivity index (χ1) is 8.83. The van der Waals surface area contributed by atoms with Gasteiger partial charge < -0.3 is 15.7 Å². The monoisotopic (exact) mass is 268 g/mol. The van der Waals surface area contributed by atoms with Crippen LogP contribution < -0.4 is 5.73 Å². The molecular formula is C15H25FN2O. The van der Waals surface area contributed by atoms with E-state index in [1.807, 2.05) is 6.92 Å². The molecule has 1 aromatic carbocycles. The number of nitrogens with zero attached hydrogens (tertiary/aromatic N) is 1. The van der Waals surface area contributed by atoms with Gasteiger partial charge in [0.05, 0.1) is 5.60 Å². The molecule has 0 spiro atoms. The van der Waals surface area contributed by atoms with E-state index in [0.717, 1.165) is 13.1 Å². The summed E-state index contributed by atoms with van der Waals surface area (Å²) in [7, 11) is 0. The molecule has 108 valence electrons. The molecule has 1 rings (SSSR count). The zero-order valence-corrected chi connectivity index (χ0v) is 12.1. The summed E-state index contributed by atoms with van der Waals surface area (Å²) in [6.45, 7) is 7.79. The smallest absolute Gasteiger partial charge is 0.127 e. The first-order valence-electron chi connectivity index (χ1n) is 6.78. The first-order valence-corrected chi connectivity index (χ1v) is 6.78. The number of likely N-dealkylation sites (N-methyl/N-ethyl adjacent to an activating group) is 1. The summed E-state index contributed by atoms with van der Waals surface area (Å²) < 4.78 is 13.6. The Kier molecular flexibility index (Phi) is 5.91. The average molecular weight is 268 g/mol. The Labute approximate surface area is 115 Å². The maximum Gasteiger partial charge on any atom is 0.127 e. The number of rotatable bonds is 7.